The molecule has 0 spiro atoms. The Hall–Kier alpha value is -5.57. The van der Waals surface area contributed by atoms with Crippen LogP contribution < -0.4 is 4.74 Å². The van der Waals surface area contributed by atoms with E-state index in [9.17, 15) is 1.37 Å². The summed E-state index contributed by atoms with van der Waals surface area (Å²) in [5.74, 6) is 1.23. The third-order valence-corrected chi connectivity index (χ3v) is 11.3. The van der Waals surface area contributed by atoms with Crippen molar-refractivity contribution < 1.29 is 36.8 Å². The Balaban J connectivity index is 0.00000722. The van der Waals surface area contributed by atoms with Crippen molar-refractivity contribution in [3.05, 3.63) is 174 Å². The van der Waals surface area contributed by atoms with Crippen LogP contribution in [0.3, 0.4) is 0 Å². The number of benzene rings is 6. The first-order chi connectivity index (χ1) is 32.2. The molecule has 0 radical (unpaired) electrons. The van der Waals surface area contributed by atoms with Gasteiger partial charge in [0.2, 0.25) is 0 Å². The Morgan fingerprint density at radius 3 is 1.97 bits per heavy atom. The molecule has 0 amide bonds. The summed E-state index contributed by atoms with van der Waals surface area (Å²) in [4.78, 5) is 10.0. The summed E-state index contributed by atoms with van der Waals surface area (Å²) in [6.07, 6.45) is -0.511. The minimum atomic E-state index is -0.601. The molecule has 0 saturated heterocycles. The maximum Gasteiger partial charge on any atom is 2.00 e. The predicted octanol–water partition coefficient (Wildman–Crippen LogP) is 15.2. The molecule has 2 aromatic heterocycles. The molecule has 62 heavy (non-hydrogen) atoms. The van der Waals surface area contributed by atoms with Gasteiger partial charge in [-0.1, -0.05) is 164 Å². The van der Waals surface area contributed by atoms with E-state index in [1.165, 1.54) is 5.56 Å². The average Bonchev–Trinajstić information content (AvgIpc) is 3.68. The molecule has 8 aromatic rings. The number of hydrogen-bond acceptors (Lipinski definition) is 3. The van der Waals surface area contributed by atoms with Crippen LogP contribution in [0, 0.1) is 27.0 Å². The van der Waals surface area contributed by atoms with Gasteiger partial charge in [0.15, 0.2) is 0 Å². The maximum atomic E-state index is 9.51. The van der Waals surface area contributed by atoms with E-state index >= 15 is 0 Å². The van der Waals surface area contributed by atoms with E-state index in [-0.39, 0.29) is 54.8 Å². The Labute approximate surface area is 395 Å². The van der Waals surface area contributed by atoms with Crippen LogP contribution in [0.4, 0.5) is 0 Å². The average molecular weight is 1000 g/mol. The molecule has 0 aliphatic carbocycles. The minimum Gasteiger partial charge on any atom is -0.665 e. The number of aryl methyl sites for hydroxylation is 2. The van der Waals surface area contributed by atoms with Gasteiger partial charge >= 0.3 is 21.1 Å². The van der Waals surface area contributed by atoms with Crippen molar-refractivity contribution in [1.82, 2.24) is 14.5 Å². The topological polar surface area (TPSA) is 39.9 Å². The van der Waals surface area contributed by atoms with Crippen LogP contribution >= 0.6 is 0 Å². The van der Waals surface area contributed by atoms with Crippen LogP contribution in [0.1, 0.15) is 101 Å². The standard InChI is InChI=1S/C57H57N3O.Pt/c1-36-29-37(2)53(61-12)48(30-36)54-59-52-47(41-31-42(33-45(32-41)57(9,10)11)49-34-40(27-28-58-49)38-17-14-13-15-18-38)19-16-20-50(52)60(54)51-35-44(56(6,7)8)25-26-46(51)39-21-23-43(24-22-39)55(3,4)5;/h13-30,32-35H,12H2,1-11H3;/q-2;+2/i13D,14D,15D,17D,18D,27D,28D,34D;. The first-order valence-electron chi connectivity index (χ1n) is 24.7. The number of imidazole rings is 1. The maximum absolute atomic E-state index is 9.51. The molecule has 5 heteroatoms. The van der Waals surface area contributed by atoms with Gasteiger partial charge in [0, 0.05) is 17.4 Å². The summed E-state index contributed by atoms with van der Waals surface area (Å²) in [6, 6.07) is 29.2. The normalized spacial score (nSPS) is 13.9. The van der Waals surface area contributed by atoms with Gasteiger partial charge in [-0.2, -0.15) is 7.11 Å². The summed E-state index contributed by atoms with van der Waals surface area (Å²) in [7, 11) is 3.89. The third kappa shape index (κ3) is 8.73. The van der Waals surface area contributed by atoms with Crippen molar-refractivity contribution in [2.45, 2.75) is 92.4 Å². The molecule has 0 N–H and O–H groups in total. The fraction of sp³-hybridized carbons (Fsp3) is 0.246. The van der Waals surface area contributed by atoms with Crippen molar-refractivity contribution in [2.24, 2.45) is 0 Å². The molecule has 0 unspecified atom stereocenters. The van der Waals surface area contributed by atoms with Gasteiger partial charge in [-0.15, -0.1) is 29.3 Å². The molecule has 0 aliphatic rings. The molecule has 2 heterocycles. The molecular formula is C57H57N3OPt. The van der Waals surface area contributed by atoms with Crippen LogP contribution in [0.25, 0.3) is 72.7 Å². The van der Waals surface area contributed by atoms with Crippen LogP contribution in [0.15, 0.2) is 133 Å². The minimum absolute atomic E-state index is 0. The van der Waals surface area contributed by atoms with E-state index in [1.807, 2.05) is 38.1 Å². The predicted molar refractivity (Wildman–Crippen MR) is 256 cm³/mol. The second kappa shape index (κ2) is 16.9. The number of hydrogen-bond donors (Lipinski definition) is 0. The second-order valence-corrected chi connectivity index (χ2v) is 19.0. The van der Waals surface area contributed by atoms with E-state index < -0.39 is 47.8 Å². The summed E-state index contributed by atoms with van der Waals surface area (Å²) in [5, 5.41) is 0. The van der Waals surface area contributed by atoms with Gasteiger partial charge in [0.25, 0.3) is 0 Å². The first kappa shape index (κ1) is 35.0. The molecule has 8 rings (SSSR count). The number of fused-ring (bicyclic) bond motifs is 1. The summed E-state index contributed by atoms with van der Waals surface area (Å²) < 4.78 is 77.7. The van der Waals surface area contributed by atoms with Gasteiger partial charge in [-0.05, 0) is 93.3 Å². The Kier molecular flexibility index (Phi) is 9.55. The summed E-state index contributed by atoms with van der Waals surface area (Å²) in [5.41, 5.74) is 10.7. The number of nitrogens with zero attached hydrogens (tertiary/aromatic N) is 3. The zero-order valence-electron chi connectivity index (χ0n) is 45.4. The number of aromatic nitrogens is 3. The Bertz CT molecular complexity index is 3350. The quantitative estimate of drug-likeness (QED) is 0.149. The van der Waals surface area contributed by atoms with Crippen molar-refractivity contribution in [3.63, 3.8) is 0 Å². The van der Waals surface area contributed by atoms with Crippen LogP contribution in [-0.2, 0) is 37.3 Å². The largest absolute Gasteiger partial charge is 2.00 e. The van der Waals surface area contributed by atoms with Gasteiger partial charge in [-0.3, -0.25) is 9.55 Å². The molecular weight excluding hydrogens is 938 g/mol. The van der Waals surface area contributed by atoms with E-state index in [0.29, 0.717) is 28.2 Å². The molecule has 0 aliphatic heterocycles. The number of para-hydroxylation sites is 1. The van der Waals surface area contributed by atoms with Crippen LogP contribution in [-0.4, -0.2) is 14.5 Å². The summed E-state index contributed by atoms with van der Waals surface area (Å²) in [6.45, 7) is 23.5. The zero-order valence-corrected chi connectivity index (χ0v) is 39.6. The first-order valence-corrected chi connectivity index (χ1v) is 20.7. The number of pyridine rings is 1. The molecule has 6 aromatic carbocycles. The smallest absolute Gasteiger partial charge is 0.665 e. The monoisotopic (exact) mass is 1000 g/mol. The van der Waals surface area contributed by atoms with Crippen molar-refractivity contribution in [3.8, 4) is 67.5 Å². The fourth-order valence-corrected chi connectivity index (χ4v) is 7.85. The SMILES string of the molecule is [2H]c1nc(-c2[c-]c(-c3cccc4c3nc(-c3cc(C)cc(C)c3O[CH2-])n4-c3cc(C(C)(C)C)ccc3-c3ccc(C(C)(C)C)cc3)cc(C(C)(C)C)c2)c([2H])c(-c2c([2H])c([2H])c([2H])c([2H])c2[2H])c1[2H].[Pt+2]. The van der Waals surface area contributed by atoms with Gasteiger partial charge in [-0.25, -0.2) is 4.98 Å². The Morgan fingerprint density at radius 2 is 1.31 bits per heavy atom. The van der Waals surface area contributed by atoms with Crippen LogP contribution in [0.5, 0.6) is 5.75 Å². The van der Waals surface area contributed by atoms with E-state index in [0.717, 1.165) is 55.7 Å². The molecule has 0 saturated carbocycles. The third-order valence-electron chi connectivity index (χ3n) is 11.3. The van der Waals surface area contributed by atoms with Crippen molar-refractivity contribution >= 4 is 11.0 Å². The molecule has 0 bridgehead atoms. The van der Waals surface area contributed by atoms with Gasteiger partial charge in [0.05, 0.1) is 39.0 Å². The van der Waals surface area contributed by atoms with Crippen molar-refractivity contribution in [1.29, 1.82) is 0 Å². The molecule has 0 atom stereocenters. The molecule has 4 nitrogen and oxygen atoms in total. The molecule has 316 valence electrons. The number of rotatable bonds is 7. The van der Waals surface area contributed by atoms with Crippen LogP contribution in [0.2, 0.25) is 0 Å². The van der Waals surface area contributed by atoms with Gasteiger partial charge in [0.1, 0.15) is 5.82 Å². The van der Waals surface area contributed by atoms with E-state index in [4.69, 9.17) is 19.3 Å². The fourth-order valence-electron chi connectivity index (χ4n) is 7.85. The van der Waals surface area contributed by atoms with Crippen molar-refractivity contribution in [2.75, 3.05) is 0 Å². The summed E-state index contributed by atoms with van der Waals surface area (Å²) >= 11 is 0. The van der Waals surface area contributed by atoms with E-state index in [1.54, 1.807) is 0 Å². The number of ether oxygens (including phenoxy) is 1. The zero-order chi connectivity index (χ0) is 50.4. The van der Waals surface area contributed by atoms with E-state index in [2.05, 4.69) is 146 Å². The molecule has 0 fully saturated rings. The van der Waals surface area contributed by atoms with Gasteiger partial charge < -0.3 is 4.74 Å². The Morgan fingerprint density at radius 1 is 0.645 bits per heavy atom. The second-order valence-electron chi connectivity index (χ2n) is 19.0.